The predicted molar refractivity (Wildman–Crippen MR) is 72.6 cm³/mol. The lowest BCUT2D eigenvalue weighted by atomic mass is 9.81. The summed E-state index contributed by atoms with van der Waals surface area (Å²) < 4.78 is 5.30. The molecular weight excluding hydrogens is 244 g/mol. The zero-order valence-corrected chi connectivity index (χ0v) is 11.1. The Balaban J connectivity index is 1.87. The third kappa shape index (κ3) is 2.06. The summed E-state index contributed by atoms with van der Waals surface area (Å²) in [6.07, 6.45) is 4.34. The van der Waals surface area contributed by atoms with E-state index in [2.05, 4.69) is 36.2 Å². The molecule has 0 saturated carbocycles. The molecule has 1 heterocycles. The van der Waals surface area contributed by atoms with Gasteiger partial charge in [-0.3, -0.25) is 0 Å². The Morgan fingerprint density at radius 2 is 2.11 bits per heavy atom. The molecule has 0 aliphatic heterocycles. The van der Waals surface area contributed by atoms with Gasteiger partial charge in [0.15, 0.2) is 0 Å². The summed E-state index contributed by atoms with van der Waals surface area (Å²) in [6.45, 7) is 2.26. The van der Waals surface area contributed by atoms with Gasteiger partial charge in [-0.15, -0.1) is 0 Å². The lowest BCUT2D eigenvalue weighted by Crippen LogP contribution is -2.30. The number of aromatic nitrogens is 1. The number of rotatable bonds is 2. The molecule has 3 atom stereocenters. The van der Waals surface area contributed by atoms with Crippen LogP contribution in [0, 0.1) is 0 Å². The number of hydrogen-bond donors (Lipinski definition) is 1. The van der Waals surface area contributed by atoms with E-state index in [4.69, 9.17) is 10.2 Å². The van der Waals surface area contributed by atoms with Gasteiger partial charge in [-0.1, -0.05) is 43.0 Å². The molecule has 3 nitrogen and oxygen atoms in total. The summed E-state index contributed by atoms with van der Waals surface area (Å²) in [5.74, 6) is 0.536. The van der Waals surface area contributed by atoms with Crippen LogP contribution in [0.5, 0.6) is 0 Å². The number of hydrogen-bond acceptors (Lipinski definition) is 4. The molecule has 3 unspecified atom stereocenters. The number of fused-ring (bicyclic) bond motifs is 1. The van der Waals surface area contributed by atoms with Crippen molar-refractivity contribution in [1.29, 1.82) is 0 Å². The average molecular weight is 260 g/mol. The molecule has 0 saturated heterocycles. The van der Waals surface area contributed by atoms with Crippen molar-refractivity contribution in [2.45, 2.75) is 35.8 Å². The van der Waals surface area contributed by atoms with Crippen molar-refractivity contribution in [1.82, 2.24) is 4.98 Å². The van der Waals surface area contributed by atoms with Gasteiger partial charge in [-0.25, -0.2) is 4.98 Å². The highest BCUT2D eigenvalue weighted by molar-refractivity contribution is 7.99. The smallest absolute Gasteiger partial charge is 0.255 e. The van der Waals surface area contributed by atoms with E-state index < -0.39 is 0 Å². The maximum absolute atomic E-state index is 6.38. The Morgan fingerprint density at radius 3 is 2.83 bits per heavy atom. The lowest BCUT2D eigenvalue weighted by Gasteiger charge is -2.33. The third-order valence-corrected chi connectivity index (χ3v) is 4.73. The average Bonchev–Trinajstić information content (AvgIpc) is 2.89. The van der Waals surface area contributed by atoms with Crippen LogP contribution in [0.2, 0.25) is 0 Å². The van der Waals surface area contributed by atoms with Gasteiger partial charge < -0.3 is 10.2 Å². The summed E-state index contributed by atoms with van der Waals surface area (Å²) in [4.78, 5) is 4.17. The normalized spacial score (nSPS) is 26.9. The minimum atomic E-state index is 0.0503. The maximum Gasteiger partial charge on any atom is 0.255 e. The molecule has 2 N–H and O–H groups in total. The van der Waals surface area contributed by atoms with Gasteiger partial charge in [0.05, 0.1) is 6.20 Å². The molecule has 4 heteroatoms. The van der Waals surface area contributed by atoms with E-state index in [9.17, 15) is 0 Å². The number of thioether (sulfide) groups is 1. The summed E-state index contributed by atoms with van der Waals surface area (Å²) in [7, 11) is 0. The van der Waals surface area contributed by atoms with Crippen molar-refractivity contribution in [3.8, 4) is 0 Å². The minimum Gasteiger partial charge on any atom is -0.440 e. The van der Waals surface area contributed by atoms with Gasteiger partial charge in [-0.2, -0.15) is 0 Å². The van der Waals surface area contributed by atoms with Gasteiger partial charge in [-0.05, 0) is 23.5 Å². The molecule has 0 radical (unpaired) electrons. The van der Waals surface area contributed by atoms with Crippen LogP contribution in [0.1, 0.15) is 36.4 Å². The summed E-state index contributed by atoms with van der Waals surface area (Å²) >= 11 is 1.64. The molecule has 1 aromatic carbocycles. The van der Waals surface area contributed by atoms with Crippen LogP contribution in [0.3, 0.4) is 0 Å². The molecule has 1 aliphatic rings. The minimum absolute atomic E-state index is 0.0503. The standard InChI is InChI=1S/C14H16N2OS/c1-9-8-12(18-14-16-6-7-17-14)13(15)11-5-3-2-4-10(9)11/h2-7,9,12-13H,8,15H2,1H3. The van der Waals surface area contributed by atoms with Gasteiger partial charge in [0.25, 0.3) is 5.22 Å². The fraction of sp³-hybridized carbons (Fsp3) is 0.357. The first kappa shape index (κ1) is 11.8. The van der Waals surface area contributed by atoms with Crippen molar-refractivity contribution in [2.24, 2.45) is 5.73 Å². The number of oxazole rings is 1. The Kier molecular flexibility index (Phi) is 3.14. The van der Waals surface area contributed by atoms with E-state index >= 15 is 0 Å². The van der Waals surface area contributed by atoms with Crippen molar-refractivity contribution in [3.05, 3.63) is 47.9 Å². The summed E-state index contributed by atoms with van der Waals surface area (Å²) in [5.41, 5.74) is 9.03. The van der Waals surface area contributed by atoms with Crippen molar-refractivity contribution < 1.29 is 4.42 Å². The lowest BCUT2D eigenvalue weighted by molar-refractivity contribution is 0.447. The van der Waals surface area contributed by atoms with Crippen LogP contribution in [-0.4, -0.2) is 10.2 Å². The van der Waals surface area contributed by atoms with Crippen molar-refractivity contribution in [2.75, 3.05) is 0 Å². The van der Waals surface area contributed by atoms with Gasteiger partial charge in [0, 0.05) is 11.3 Å². The summed E-state index contributed by atoms with van der Waals surface area (Å²) in [6, 6.07) is 8.52. The van der Waals surface area contributed by atoms with Gasteiger partial charge in [0.1, 0.15) is 6.26 Å². The molecule has 1 aromatic heterocycles. The number of nitrogens with zero attached hydrogens (tertiary/aromatic N) is 1. The highest BCUT2D eigenvalue weighted by Crippen LogP contribution is 2.43. The third-order valence-electron chi connectivity index (χ3n) is 3.53. The van der Waals surface area contributed by atoms with Crippen LogP contribution in [0.25, 0.3) is 0 Å². The topological polar surface area (TPSA) is 52.0 Å². The largest absolute Gasteiger partial charge is 0.440 e. The second-order valence-electron chi connectivity index (χ2n) is 4.75. The number of benzene rings is 1. The molecule has 3 rings (SSSR count). The van der Waals surface area contributed by atoms with Crippen LogP contribution in [0.4, 0.5) is 0 Å². The quantitative estimate of drug-likeness (QED) is 0.899. The Bertz CT molecular complexity index is 526. The SMILES string of the molecule is CC1CC(Sc2ncco2)C(N)c2ccccc21. The first-order valence-corrected chi connectivity index (χ1v) is 7.04. The molecule has 94 valence electrons. The Labute approximate surface area is 111 Å². The van der Waals surface area contributed by atoms with E-state index in [-0.39, 0.29) is 6.04 Å². The first-order chi connectivity index (χ1) is 8.75. The molecule has 0 amide bonds. The zero-order valence-electron chi connectivity index (χ0n) is 10.2. The zero-order chi connectivity index (χ0) is 12.5. The maximum atomic E-state index is 6.38. The highest BCUT2D eigenvalue weighted by Gasteiger charge is 2.32. The van der Waals surface area contributed by atoms with E-state index in [1.54, 1.807) is 24.2 Å². The summed E-state index contributed by atoms with van der Waals surface area (Å²) in [5, 5.41) is 1.04. The second-order valence-corrected chi connectivity index (χ2v) is 5.94. The molecule has 0 bridgehead atoms. The molecule has 0 fully saturated rings. The fourth-order valence-electron chi connectivity index (χ4n) is 2.61. The highest BCUT2D eigenvalue weighted by atomic mass is 32.2. The van der Waals surface area contributed by atoms with Crippen molar-refractivity contribution in [3.63, 3.8) is 0 Å². The molecule has 1 aliphatic carbocycles. The van der Waals surface area contributed by atoms with Crippen molar-refractivity contribution >= 4 is 11.8 Å². The molecule has 0 spiro atoms. The van der Waals surface area contributed by atoms with E-state index in [1.165, 1.54) is 11.1 Å². The van der Waals surface area contributed by atoms with Crippen LogP contribution < -0.4 is 5.73 Å². The van der Waals surface area contributed by atoms with Crippen LogP contribution >= 0.6 is 11.8 Å². The monoisotopic (exact) mass is 260 g/mol. The van der Waals surface area contributed by atoms with Gasteiger partial charge >= 0.3 is 0 Å². The second kappa shape index (κ2) is 4.78. The van der Waals surface area contributed by atoms with E-state index in [0.717, 1.165) is 6.42 Å². The predicted octanol–water partition coefficient (Wildman–Crippen LogP) is 3.34. The molecule has 2 aromatic rings. The van der Waals surface area contributed by atoms with Gasteiger partial charge in [0.2, 0.25) is 0 Å². The van der Waals surface area contributed by atoms with Crippen LogP contribution in [-0.2, 0) is 0 Å². The fourth-order valence-corrected chi connectivity index (χ4v) is 3.77. The Hall–Kier alpha value is -1.26. The number of nitrogens with two attached hydrogens (primary N) is 1. The Morgan fingerprint density at radius 1 is 1.33 bits per heavy atom. The molecule has 18 heavy (non-hydrogen) atoms. The first-order valence-electron chi connectivity index (χ1n) is 6.16. The molecular formula is C14H16N2OS. The van der Waals surface area contributed by atoms with E-state index in [1.807, 2.05) is 0 Å². The van der Waals surface area contributed by atoms with E-state index in [0.29, 0.717) is 16.4 Å². The van der Waals surface area contributed by atoms with Crippen LogP contribution in [0.15, 0.2) is 46.4 Å².